The predicted molar refractivity (Wildman–Crippen MR) is 167 cm³/mol. The first kappa shape index (κ1) is 23.7. The molecule has 3 unspecified atom stereocenters. The molecule has 2 nitrogen and oxygen atoms in total. The molecule has 0 amide bonds. The molecule has 0 radical (unpaired) electrons. The molecule has 2 N–H and O–H groups in total. The average Bonchev–Trinajstić information content (AvgIpc) is 3.44. The Balaban J connectivity index is 1.36. The van der Waals surface area contributed by atoms with E-state index < -0.39 is 0 Å². The van der Waals surface area contributed by atoms with Crippen LogP contribution in [0.1, 0.15) is 60.4 Å². The van der Waals surface area contributed by atoms with Gasteiger partial charge in [-0.1, -0.05) is 110 Å². The molecule has 0 aromatic heterocycles. The molecular formula is C38H34N2. The van der Waals surface area contributed by atoms with Gasteiger partial charge in [0.1, 0.15) is 0 Å². The van der Waals surface area contributed by atoms with E-state index in [2.05, 4.69) is 128 Å². The summed E-state index contributed by atoms with van der Waals surface area (Å²) in [5.74, 6) is 7.34. The lowest BCUT2D eigenvalue weighted by molar-refractivity contribution is 0.371. The summed E-state index contributed by atoms with van der Waals surface area (Å²) in [6, 6.07) is 24.7. The van der Waals surface area contributed by atoms with Crippen molar-refractivity contribution in [2.24, 2.45) is 11.8 Å². The highest BCUT2D eigenvalue weighted by Crippen LogP contribution is 2.68. The number of para-hydroxylation sites is 1. The zero-order valence-electron chi connectivity index (χ0n) is 23.0. The molecule has 5 aliphatic rings. The lowest BCUT2D eigenvalue weighted by Gasteiger charge is -2.40. The third-order valence-corrected chi connectivity index (χ3v) is 10.0. The number of fused-ring (bicyclic) bond motifs is 10. The van der Waals surface area contributed by atoms with Crippen LogP contribution < -0.4 is 10.9 Å². The summed E-state index contributed by atoms with van der Waals surface area (Å²) in [6.07, 6.45) is 25.3. The van der Waals surface area contributed by atoms with Gasteiger partial charge in [-0.05, 0) is 82.9 Å². The molecule has 0 heterocycles. The van der Waals surface area contributed by atoms with Gasteiger partial charge in [0.2, 0.25) is 0 Å². The maximum atomic E-state index is 7.05. The molecule has 0 saturated carbocycles. The van der Waals surface area contributed by atoms with E-state index in [1.54, 1.807) is 0 Å². The third-order valence-electron chi connectivity index (χ3n) is 10.0. The maximum Gasteiger partial charge on any atom is 0.0650 e. The fraction of sp³-hybridized carbons (Fsp3) is 0.211. The number of hydrogen-bond donors (Lipinski definition) is 1. The van der Waals surface area contributed by atoms with E-state index in [0.29, 0.717) is 5.92 Å². The number of benzene rings is 3. The SMILES string of the molecule is CC12C=CC=CC1C1(C3=CCCC=C3c3ccccc31)c1cc(N(N)c3ccccc3C3=CC=CCC3)ccc12. The lowest BCUT2D eigenvalue weighted by Crippen LogP contribution is -2.39. The summed E-state index contributed by atoms with van der Waals surface area (Å²) in [5, 5.41) is 1.91. The summed E-state index contributed by atoms with van der Waals surface area (Å²) < 4.78 is 0. The smallest absolute Gasteiger partial charge is 0.0650 e. The standard InChI is InChI=1S/C38H34N2/c1-37-24-12-11-21-36(37)38(31-18-8-5-16-29(31)30-17-6-9-19-32(30)38)34-25-27(22-23-33(34)37)40(39)35-20-10-7-15-28(35)26-13-3-2-4-14-26/h2-3,5,7-8,10-13,15-25,36H,4,6,9,14,39H2,1H3. The van der Waals surface area contributed by atoms with Gasteiger partial charge in [0, 0.05) is 16.9 Å². The van der Waals surface area contributed by atoms with Gasteiger partial charge in [0.25, 0.3) is 0 Å². The number of hydrogen-bond acceptors (Lipinski definition) is 2. The molecule has 40 heavy (non-hydrogen) atoms. The molecule has 3 aromatic rings. The zero-order valence-corrected chi connectivity index (χ0v) is 23.0. The largest absolute Gasteiger partial charge is 0.279 e. The normalized spacial score (nSPS) is 26.9. The Hall–Kier alpha value is -4.14. The van der Waals surface area contributed by atoms with Crippen LogP contribution in [0.15, 0.2) is 127 Å². The first-order chi connectivity index (χ1) is 19.6. The number of nitrogens with zero attached hydrogens (tertiary/aromatic N) is 1. The Kier molecular flexibility index (Phi) is 5.15. The van der Waals surface area contributed by atoms with Crippen molar-refractivity contribution in [2.75, 3.05) is 5.01 Å². The van der Waals surface area contributed by atoms with Crippen molar-refractivity contribution in [3.8, 4) is 0 Å². The average molecular weight is 519 g/mol. The molecule has 2 heteroatoms. The first-order valence-corrected chi connectivity index (χ1v) is 14.7. The molecule has 3 atom stereocenters. The monoisotopic (exact) mass is 518 g/mol. The minimum Gasteiger partial charge on any atom is -0.279 e. The van der Waals surface area contributed by atoms with Crippen LogP contribution in [-0.4, -0.2) is 0 Å². The molecule has 0 fully saturated rings. The topological polar surface area (TPSA) is 29.3 Å². The van der Waals surface area contributed by atoms with Gasteiger partial charge in [-0.2, -0.15) is 0 Å². The molecular weight excluding hydrogens is 484 g/mol. The fourth-order valence-electron chi connectivity index (χ4n) is 8.29. The Morgan fingerprint density at radius 2 is 1.62 bits per heavy atom. The van der Waals surface area contributed by atoms with E-state index >= 15 is 0 Å². The van der Waals surface area contributed by atoms with Crippen LogP contribution in [0.4, 0.5) is 11.4 Å². The van der Waals surface area contributed by atoms with Crippen molar-refractivity contribution in [2.45, 2.75) is 43.4 Å². The lowest BCUT2D eigenvalue weighted by atomic mass is 9.61. The second-order valence-corrected chi connectivity index (χ2v) is 11.9. The fourth-order valence-corrected chi connectivity index (χ4v) is 8.29. The van der Waals surface area contributed by atoms with E-state index in [9.17, 15) is 0 Å². The van der Waals surface area contributed by atoms with Gasteiger partial charge in [-0.15, -0.1) is 0 Å². The number of anilines is 2. The van der Waals surface area contributed by atoms with E-state index in [4.69, 9.17) is 5.84 Å². The van der Waals surface area contributed by atoms with Crippen molar-refractivity contribution >= 4 is 22.5 Å². The zero-order chi connectivity index (χ0) is 26.9. The van der Waals surface area contributed by atoms with Gasteiger partial charge in [-0.3, -0.25) is 5.01 Å². The summed E-state index contributed by atoms with van der Waals surface area (Å²) in [7, 11) is 0. The molecule has 5 aliphatic carbocycles. The van der Waals surface area contributed by atoms with Crippen LogP contribution in [0.5, 0.6) is 0 Å². The van der Waals surface area contributed by atoms with Gasteiger partial charge >= 0.3 is 0 Å². The number of rotatable bonds is 3. The second kappa shape index (κ2) is 8.68. The van der Waals surface area contributed by atoms with E-state index in [0.717, 1.165) is 37.1 Å². The van der Waals surface area contributed by atoms with Gasteiger partial charge < -0.3 is 0 Å². The van der Waals surface area contributed by atoms with Gasteiger partial charge in [-0.25, -0.2) is 5.84 Å². The molecule has 0 saturated heterocycles. The number of allylic oxidation sites excluding steroid dienone is 12. The van der Waals surface area contributed by atoms with Crippen LogP contribution in [-0.2, 0) is 10.8 Å². The number of nitrogens with two attached hydrogens (primary N) is 1. The Morgan fingerprint density at radius 1 is 0.800 bits per heavy atom. The van der Waals surface area contributed by atoms with E-state index in [-0.39, 0.29) is 10.8 Å². The second-order valence-electron chi connectivity index (χ2n) is 11.9. The van der Waals surface area contributed by atoms with Crippen LogP contribution in [0.3, 0.4) is 0 Å². The molecule has 196 valence electrons. The summed E-state index contributed by atoms with van der Waals surface area (Å²) in [5.41, 5.74) is 12.8. The molecule has 1 spiro atoms. The minimum absolute atomic E-state index is 0.0972. The highest BCUT2D eigenvalue weighted by atomic mass is 15.4. The van der Waals surface area contributed by atoms with Crippen molar-refractivity contribution in [1.82, 2.24) is 0 Å². The van der Waals surface area contributed by atoms with Crippen molar-refractivity contribution in [1.29, 1.82) is 0 Å². The predicted octanol–water partition coefficient (Wildman–Crippen LogP) is 8.85. The minimum atomic E-state index is -0.235. The number of hydrazine groups is 1. The van der Waals surface area contributed by atoms with Gasteiger partial charge in [0.15, 0.2) is 0 Å². The summed E-state index contributed by atoms with van der Waals surface area (Å²) in [6.45, 7) is 2.43. The molecule has 0 bridgehead atoms. The first-order valence-electron chi connectivity index (χ1n) is 14.7. The van der Waals surface area contributed by atoms with Gasteiger partial charge in [0.05, 0.1) is 16.8 Å². The molecule has 3 aromatic carbocycles. The van der Waals surface area contributed by atoms with Crippen LogP contribution in [0, 0.1) is 5.92 Å². The Bertz CT molecular complexity index is 1740. The van der Waals surface area contributed by atoms with Crippen LogP contribution in [0.25, 0.3) is 11.1 Å². The highest BCUT2D eigenvalue weighted by molar-refractivity contribution is 5.95. The van der Waals surface area contributed by atoms with Crippen molar-refractivity contribution in [3.63, 3.8) is 0 Å². The maximum absolute atomic E-state index is 7.05. The summed E-state index contributed by atoms with van der Waals surface area (Å²) in [4.78, 5) is 0. The van der Waals surface area contributed by atoms with Crippen molar-refractivity contribution < 1.29 is 0 Å². The van der Waals surface area contributed by atoms with E-state index in [1.807, 2.05) is 5.01 Å². The van der Waals surface area contributed by atoms with Crippen LogP contribution in [0.2, 0.25) is 0 Å². The molecule has 0 aliphatic heterocycles. The van der Waals surface area contributed by atoms with E-state index in [1.165, 1.54) is 44.5 Å². The molecule has 8 rings (SSSR count). The quantitative estimate of drug-likeness (QED) is 0.277. The highest BCUT2D eigenvalue weighted by Gasteiger charge is 2.62. The summed E-state index contributed by atoms with van der Waals surface area (Å²) >= 11 is 0. The third kappa shape index (κ3) is 3.03. The Morgan fingerprint density at radius 3 is 2.50 bits per heavy atom. The Labute approximate surface area is 237 Å². The van der Waals surface area contributed by atoms with Crippen molar-refractivity contribution in [3.05, 3.63) is 155 Å². The van der Waals surface area contributed by atoms with Crippen LogP contribution >= 0.6 is 0 Å².